The molecule has 0 fully saturated rings. The van der Waals surface area contributed by atoms with Crippen molar-refractivity contribution < 1.29 is 9.53 Å². The van der Waals surface area contributed by atoms with E-state index < -0.39 is 5.97 Å². The lowest BCUT2D eigenvalue weighted by molar-refractivity contribution is 0.0595. The van der Waals surface area contributed by atoms with Crippen LogP contribution in [0.15, 0.2) is 42.5 Å². The number of carbonyl (C=O) groups excluding carboxylic acids is 1. The molecule has 1 heterocycles. The highest BCUT2D eigenvalue weighted by Gasteiger charge is 2.17. The monoisotopic (exact) mass is 256 g/mol. The van der Waals surface area contributed by atoms with Gasteiger partial charge in [-0.25, -0.2) is 9.48 Å². The number of fused-ring (bicyclic) bond motifs is 1. The summed E-state index contributed by atoms with van der Waals surface area (Å²) < 4.78 is 6.53. The quantitative estimate of drug-likeness (QED) is 0.625. The van der Waals surface area contributed by atoms with E-state index in [1.165, 1.54) is 7.11 Å². The Morgan fingerprint density at radius 2 is 2.05 bits per heavy atom. The van der Waals surface area contributed by atoms with Crippen LogP contribution in [-0.2, 0) is 4.74 Å². The summed E-state index contributed by atoms with van der Waals surface area (Å²) in [5.74, 6) is -0.425. The highest BCUT2D eigenvalue weighted by Crippen LogP contribution is 2.22. The second-order valence-corrected chi connectivity index (χ2v) is 3.98. The van der Waals surface area contributed by atoms with Gasteiger partial charge in [-0.3, -0.25) is 0 Å². The first-order chi connectivity index (χ1) is 9.22. The molecule has 0 atom stereocenters. The molecule has 2 aromatic rings. The lowest BCUT2D eigenvalue weighted by Gasteiger charge is -2.03. The number of para-hydroxylation sites is 1. The average Bonchev–Trinajstić information content (AvgIpc) is 2.83. The first-order valence-electron chi connectivity index (χ1n) is 6.08. The molecule has 0 amide bonds. The standard InChI is InChI=1S/C15H16N2O2/c1-4-8-11(5-2)17-13-10-7-6-9-12(13)14(16-17)15(18)19-3/h4-10H,1-3H3. The third-order valence-electron chi connectivity index (χ3n) is 2.84. The van der Waals surface area contributed by atoms with Crippen molar-refractivity contribution in [1.29, 1.82) is 0 Å². The zero-order valence-corrected chi connectivity index (χ0v) is 11.3. The minimum atomic E-state index is -0.425. The molecule has 98 valence electrons. The highest BCUT2D eigenvalue weighted by molar-refractivity contribution is 6.03. The Bertz CT molecular complexity index is 666. The van der Waals surface area contributed by atoms with E-state index in [-0.39, 0.29) is 0 Å². The van der Waals surface area contributed by atoms with Crippen LogP contribution >= 0.6 is 0 Å². The zero-order valence-electron chi connectivity index (χ0n) is 11.3. The molecule has 4 heteroatoms. The van der Waals surface area contributed by atoms with Crippen molar-refractivity contribution in [3.05, 3.63) is 48.2 Å². The van der Waals surface area contributed by atoms with Crippen LogP contribution in [0.1, 0.15) is 24.3 Å². The number of rotatable bonds is 3. The van der Waals surface area contributed by atoms with E-state index in [1.807, 2.05) is 56.3 Å². The predicted octanol–water partition coefficient (Wildman–Crippen LogP) is 3.26. The van der Waals surface area contributed by atoms with E-state index in [2.05, 4.69) is 5.10 Å². The minimum Gasteiger partial charge on any atom is -0.464 e. The maximum Gasteiger partial charge on any atom is 0.359 e. The van der Waals surface area contributed by atoms with Crippen LogP contribution in [-0.4, -0.2) is 22.9 Å². The largest absolute Gasteiger partial charge is 0.464 e. The summed E-state index contributed by atoms with van der Waals surface area (Å²) in [6.45, 7) is 3.88. The number of ether oxygens (including phenoxy) is 1. The van der Waals surface area contributed by atoms with Gasteiger partial charge in [-0.1, -0.05) is 30.4 Å². The summed E-state index contributed by atoms with van der Waals surface area (Å²) in [7, 11) is 1.36. The molecular formula is C15H16N2O2. The Morgan fingerprint density at radius 1 is 1.32 bits per heavy atom. The van der Waals surface area contributed by atoms with Crippen molar-refractivity contribution in [1.82, 2.24) is 9.78 Å². The maximum absolute atomic E-state index is 11.8. The van der Waals surface area contributed by atoms with Gasteiger partial charge >= 0.3 is 5.97 Å². The van der Waals surface area contributed by atoms with Gasteiger partial charge in [0.05, 0.1) is 18.3 Å². The first kappa shape index (κ1) is 13.1. The molecule has 1 aromatic heterocycles. The van der Waals surface area contributed by atoms with Gasteiger partial charge in [-0.15, -0.1) is 0 Å². The van der Waals surface area contributed by atoms with Crippen molar-refractivity contribution in [2.24, 2.45) is 0 Å². The number of methoxy groups -OCH3 is 1. The van der Waals surface area contributed by atoms with Crippen LogP contribution in [0.4, 0.5) is 0 Å². The molecule has 0 spiro atoms. The number of nitrogens with zero attached hydrogens (tertiary/aromatic N) is 2. The van der Waals surface area contributed by atoms with Crippen LogP contribution in [0, 0.1) is 0 Å². The summed E-state index contributed by atoms with van der Waals surface area (Å²) in [6, 6.07) is 7.60. The van der Waals surface area contributed by atoms with Gasteiger partial charge in [0.25, 0.3) is 0 Å². The van der Waals surface area contributed by atoms with Gasteiger partial charge in [-0.05, 0) is 26.0 Å². The lowest BCUT2D eigenvalue weighted by Crippen LogP contribution is -2.04. The molecule has 0 bridgehead atoms. The predicted molar refractivity (Wildman–Crippen MR) is 75.8 cm³/mol. The van der Waals surface area contributed by atoms with Crippen LogP contribution in [0.25, 0.3) is 16.6 Å². The molecular weight excluding hydrogens is 240 g/mol. The van der Waals surface area contributed by atoms with Crippen molar-refractivity contribution >= 4 is 22.6 Å². The van der Waals surface area contributed by atoms with E-state index in [4.69, 9.17) is 4.74 Å². The van der Waals surface area contributed by atoms with E-state index >= 15 is 0 Å². The smallest absolute Gasteiger partial charge is 0.359 e. The number of aromatic nitrogens is 2. The topological polar surface area (TPSA) is 44.1 Å². The summed E-state index contributed by atoms with van der Waals surface area (Å²) in [5, 5.41) is 5.16. The number of carbonyl (C=O) groups is 1. The molecule has 0 N–H and O–H groups in total. The molecule has 0 saturated carbocycles. The first-order valence-corrected chi connectivity index (χ1v) is 6.08. The van der Waals surface area contributed by atoms with Gasteiger partial charge in [0.1, 0.15) is 0 Å². The van der Waals surface area contributed by atoms with E-state index in [0.717, 1.165) is 16.6 Å². The van der Waals surface area contributed by atoms with Crippen molar-refractivity contribution in [3.63, 3.8) is 0 Å². The Labute approximate surface area is 112 Å². The maximum atomic E-state index is 11.8. The number of allylic oxidation sites excluding steroid dienone is 4. The van der Waals surface area contributed by atoms with E-state index in [0.29, 0.717) is 5.69 Å². The van der Waals surface area contributed by atoms with Crippen LogP contribution in [0.2, 0.25) is 0 Å². The molecule has 0 aliphatic heterocycles. The summed E-state index contributed by atoms with van der Waals surface area (Å²) >= 11 is 0. The molecule has 19 heavy (non-hydrogen) atoms. The van der Waals surface area contributed by atoms with Crippen molar-refractivity contribution in [2.75, 3.05) is 7.11 Å². The third kappa shape index (κ3) is 2.29. The van der Waals surface area contributed by atoms with E-state index in [9.17, 15) is 4.79 Å². The molecule has 4 nitrogen and oxygen atoms in total. The molecule has 0 aliphatic rings. The fourth-order valence-electron chi connectivity index (χ4n) is 1.97. The Morgan fingerprint density at radius 3 is 2.68 bits per heavy atom. The number of esters is 1. The SMILES string of the molecule is CC=CC(=CC)n1nc(C(=O)OC)c2ccccc21. The molecule has 0 radical (unpaired) electrons. The Balaban J connectivity index is 2.72. The molecule has 0 unspecified atom stereocenters. The molecule has 2 rings (SSSR count). The van der Waals surface area contributed by atoms with Crippen LogP contribution < -0.4 is 0 Å². The zero-order chi connectivity index (χ0) is 13.8. The van der Waals surface area contributed by atoms with Crippen molar-refractivity contribution in [2.45, 2.75) is 13.8 Å². The second kappa shape index (κ2) is 5.52. The number of hydrogen-bond acceptors (Lipinski definition) is 3. The fourth-order valence-corrected chi connectivity index (χ4v) is 1.97. The fraction of sp³-hybridized carbons (Fsp3) is 0.200. The van der Waals surface area contributed by atoms with Crippen molar-refractivity contribution in [3.8, 4) is 0 Å². The number of hydrogen-bond donors (Lipinski definition) is 0. The summed E-state index contributed by atoms with van der Waals surface area (Å²) in [5.41, 5.74) is 2.13. The molecule has 0 saturated heterocycles. The van der Waals surface area contributed by atoms with Crippen LogP contribution in [0.3, 0.4) is 0 Å². The Hall–Kier alpha value is -2.36. The second-order valence-electron chi connectivity index (χ2n) is 3.98. The molecule has 1 aromatic carbocycles. The van der Waals surface area contributed by atoms with Gasteiger partial charge in [0.15, 0.2) is 5.69 Å². The van der Waals surface area contributed by atoms with Gasteiger partial charge < -0.3 is 4.74 Å². The highest BCUT2D eigenvalue weighted by atomic mass is 16.5. The van der Waals surface area contributed by atoms with Gasteiger partial charge in [0.2, 0.25) is 0 Å². The molecule has 0 aliphatic carbocycles. The van der Waals surface area contributed by atoms with Gasteiger partial charge in [0, 0.05) is 5.39 Å². The van der Waals surface area contributed by atoms with E-state index in [1.54, 1.807) is 4.68 Å². The third-order valence-corrected chi connectivity index (χ3v) is 2.84. The summed E-state index contributed by atoms with van der Waals surface area (Å²) in [4.78, 5) is 11.8. The van der Waals surface area contributed by atoms with Crippen LogP contribution in [0.5, 0.6) is 0 Å². The lowest BCUT2D eigenvalue weighted by atomic mass is 10.2. The summed E-state index contributed by atoms with van der Waals surface area (Å²) in [6.07, 6.45) is 5.82. The minimum absolute atomic E-state index is 0.335. The Kier molecular flexibility index (Phi) is 3.80. The number of benzene rings is 1. The van der Waals surface area contributed by atoms with Gasteiger partial charge in [-0.2, -0.15) is 5.10 Å². The normalized spacial score (nSPS) is 12.3. The average molecular weight is 256 g/mol.